The number of nitrogens with zero attached hydrogens (tertiary/aromatic N) is 4. The topological polar surface area (TPSA) is 69.6 Å². The number of rotatable bonds is 3. The van der Waals surface area contributed by atoms with Crippen LogP contribution >= 0.6 is 0 Å². The zero-order valence-corrected chi connectivity index (χ0v) is 10.1. The summed E-state index contributed by atoms with van der Waals surface area (Å²) in [4.78, 5) is 8.87. The van der Waals surface area contributed by atoms with Crippen LogP contribution in [0.15, 0.2) is 18.3 Å². The highest BCUT2D eigenvalue weighted by Gasteiger charge is 2.28. The first-order chi connectivity index (χ1) is 8.79. The number of anilines is 1. The molecule has 0 aromatic carbocycles. The average Bonchev–Trinajstić information content (AvgIpc) is 3.26. The van der Waals surface area contributed by atoms with Crippen molar-refractivity contribution >= 4 is 5.82 Å². The predicted molar refractivity (Wildman–Crippen MR) is 67.5 cm³/mol. The lowest BCUT2D eigenvalue weighted by molar-refractivity contribution is 0.790. The molecule has 2 aromatic heterocycles. The van der Waals surface area contributed by atoms with Crippen LogP contribution in [0.1, 0.15) is 49.0 Å². The average molecular weight is 241 g/mol. The molecule has 0 amide bonds. The number of hydrogen-bond acceptors (Lipinski definition) is 4. The molecule has 0 atom stereocenters. The van der Waals surface area contributed by atoms with E-state index < -0.39 is 0 Å². The molecule has 0 spiro atoms. The fourth-order valence-corrected chi connectivity index (χ4v) is 2.18. The van der Waals surface area contributed by atoms with Gasteiger partial charge in [-0.2, -0.15) is 5.10 Å². The van der Waals surface area contributed by atoms with E-state index >= 15 is 0 Å². The Morgan fingerprint density at radius 2 is 1.89 bits per heavy atom. The minimum atomic E-state index is 0.505. The Balaban J connectivity index is 1.72. The van der Waals surface area contributed by atoms with E-state index in [0.717, 1.165) is 11.6 Å². The zero-order valence-electron chi connectivity index (χ0n) is 10.1. The van der Waals surface area contributed by atoms with Crippen molar-refractivity contribution in [2.75, 3.05) is 5.73 Å². The summed E-state index contributed by atoms with van der Waals surface area (Å²) >= 11 is 0. The Morgan fingerprint density at radius 3 is 2.61 bits per heavy atom. The fraction of sp³-hybridized carbons (Fsp3) is 0.462. The summed E-state index contributed by atoms with van der Waals surface area (Å²) in [5.74, 6) is 3.36. The largest absolute Gasteiger partial charge is 0.384 e. The summed E-state index contributed by atoms with van der Waals surface area (Å²) in [5.41, 5.74) is 7.02. The van der Waals surface area contributed by atoms with Gasteiger partial charge in [-0.15, -0.1) is 0 Å². The maximum absolute atomic E-state index is 5.85. The molecular formula is C13H15N5. The van der Waals surface area contributed by atoms with Gasteiger partial charge in [0.25, 0.3) is 0 Å². The number of aromatic nitrogens is 4. The van der Waals surface area contributed by atoms with E-state index in [2.05, 4.69) is 21.1 Å². The van der Waals surface area contributed by atoms with Crippen molar-refractivity contribution < 1.29 is 0 Å². The van der Waals surface area contributed by atoms with Gasteiger partial charge in [0.2, 0.25) is 0 Å². The highest BCUT2D eigenvalue weighted by atomic mass is 15.3. The molecular weight excluding hydrogens is 226 g/mol. The molecule has 0 aliphatic heterocycles. The van der Waals surface area contributed by atoms with Gasteiger partial charge in [0.15, 0.2) is 5.82 Å². The highest BCUT2D eigenvalue weighted by molar-refractivity contribution is 5.38. The maximum Gasteiger partial charge on any atom is 0.159 e. The first-order valence-corrected chi connectivity index (χ1v) is 6.50. The third kappa shape index (κ3) is 1.75. The minimum Gasteiger partial charge on any atom is -0.384 e. The molecule has 5 heteroatoms. The summed E-state index contributed by atoms with van der Waals surface area (Å²) in [6.45, 7) is 0. The lowest BCUT2D eigenvalue weighted by atomic mass is 10.3. The van der Waals surface area contributed by atoms with E-state index in [1.807, 2.05) is 10.9 Å². The molecule has 0 saturated heterocycles. The van der Waals surface area contributed by atoms with Gasteiger partial charge >= 0.3 is 0 Å². The molecule has 0 radical (unpaired) electrons. The van der Waals surface area contributed by atoms with Crippen LogP contribution in [-0.4, -0.2) is 19.7 Å². The van der Waals surface area contributed by atoms with Crippen molar-refractivity contribution in [3.8, 4) is 5.82 Å². The molecule has 0 bridgehead atoms. The van der Waals surface area contributed by atoms with Crippen LogP contribution in [0.5, 0.6) is 0 Å². The molecule has 5 nitrogen and oxygen atoms in total. The third-order valence-corrected chi connectivity index (χ3v) is 3.53. The molecule has 2 aliphatic carbocycles. The normalized spacial score (nSPS) is 19.1. The van der Waals surface area contributed by atoms with Crippen LogP contribution in [0.4, 0.5) is 5.82 Å². The number of nitrogens with two attached hydrogens (primary N) is 1. The summed E-state index contributed by atoms with van der Waals surface area (Å²) in [6.07, 6.45) is 6.84. The van der Waals surface area contributed by atoms with Gasteiger partial charge in [-0.3, -0.25) is 0 Å². The van der Waals surface area contributed by atoms with Crippen molar-refractivity contribution in [2.24, 2.45) is 0 Å². The Labute approximate surface area is 105 Å². The maximum atomic E-state index is 5.85. The molecule has 2 saturated carbocycles. The Morgan fingerprint density at radius 1 is 1.11 bits per heavy atom. The van der Waals surface area contributed by atoms with Crippen molar-refractivity contribution in [3.05, 3.63) is 29.8 Å². The summed E-state index contributed by atoms with van der Waals surface area (Å²) < 4.78 is 1.82. The Bertz CT molecular complexity index is 595. The summed E-state index contributed by atoms with van der Waals surface area (Å²) in [6, 6.07) is 3.86. The van der Waals surface area contributed by atoms with E-state index in [9.17, 15) is 0 Å². The molecule has 18 heavy (non-hydrogen) atoms. The first-order valence-electron chi connectivity index (χ1n) is 6.50. The van der Waals surface area contributed by atoms with Gasteiger partial charge in [-0.25, -0.2) is 14.6 Å². The molecule has 2 N–H and O–H groups in total. The fourth-order valence-electron chi connectivity index (χ4n) is 2.18. The molecule has 92 valence electrons. The van der Waals surface area contributed by atoms with Gasteiger partial charge in [-0.1, -0.05) is 0 Å². The molecule has 2 aromatic rings. The summed E-state index contributed by atoms with van der Waals surface area (Å²) in [5, 5.41) is 4.58. The van der Waals surface area contributed by atoms with Crippen molar-refractivity contribution in [2.45, 2.75) is 37.5 Å². The quantitative estimate of drug-likeness (QED) is 0.892. The van der Waals surface area contributed by atoms with Crippen molar-refractivity contribution in [3.63, 3.8) is 0 Å². The van der Waals surface area contributed by atoms with Crippen LogP contribution in [0.25, 0.3) is 5.82 Å². The van der Waals surface area contributed by atoms with E-state index in [1.54, 1.807) is 6.07 Å². The predicted octanol–water partition coefficient (Wildman–Crippen LogP) is 2.00. The van der Waals surface area contributed by atoms with Crippen molar-refractivity contribution in [1.29, 1.82) is 0 Å². The molecule has 0 unspecified atom stereocenters. The second kappa shape index (κ2) is 3.54. The minimum absolute atomic E-state index is 0.505. The van der Waals surface area contributed by atoms with Crippen LogP contribution < -0.4 is 5.73 Å². The van der Waals surface area contributed by atoms with Crippen LogP contribution in [0.3, 0.4) is 0 Å². The van der Waals surface area contributed by atoms with Gasteiger partial charge in [-0.05, 0) is 31.7 Å². The van der Waals surface area contributed by atoms with E-state index in [0.29, 0.717) is 17.7 Å². The first kappa shape index (κ1) is 10.1. The number of nitrogen functional groups attached to an aromatic ring is 1. The van der Waals surface area contributed by atoms with E-state index in [1.165, 1.54) is 31.4 Å². The van der Waals surface area contributed by atoms with Crippen molar-refractivity contribution in [1.82, 2.24) is 19.7 Å². The summed E-state index contributed by atoms with van der Waals surface area (Å²) in [7, 11) is 0. The third-order valence-electron chi connectivity index (χ3n) is 3.53. The number of hydrogen-bond donors (Lipinski definition) is 1. The zero-order chi connectivity index (χ0) is 12.1. The van der Waals surface area contributed by atoms with E-state index in [-0.39, 0.29) is 0 Å². The van der Waals surface area contributed by atoms with Crippen LogP contribution in [0, 0.1) is 0 Å². The SMILES string of the molecule is Nc1cc(-n2ccc(C3CC3)n2)nc(C2CC2)n1. The van der Waals surface area contributed by atoms with Gasteiger partial charge in [0.1, 0.15) is 11.6 Å². The van der Waals surface area contributed by atoms with Crippen LogP contribution in [0.2, 0.25) is 0 Å². The van der Waals surface area contributed by atoms with Gasteiger partial charge in [0.05, 0.1) is 5.69 Å². The monoisotopic (exact) mass is 241 g/mol. The lowest BCUT2D eigenvalue weighted by Crippen LogP contribution is -2.05. The van der Waals surface area contributed by atoms with E-state index in [4.69, 9.17) is 5.73 Å². The van der Waals surface area contributed by atoms with Gasteiger partial charge in [0, 0.05) is 24.1 Å². The second-order valence-corrected chi connectivity index (χ2v) is 5.24. The molecule has 2 fully saturated rings. The van der Waals surface area contributed by atoms with Gasteiger partial charge < -0.3 is 5.73 Å². The lowest BCUT2D eigenvalue weighted by Gasteiger charge is -2.04. The van der Waals surface area contributed by atoms with Crippen LogP contribution in [-0.2, 0) is 0 Å². The second-order valence-electron chi connectivity index (χ2n) is 5.24. The molecule has 2 aliphatic rings. The standard InChI is InChI=1S/C13H15N5/c14-11-7-12(16-13(15-11)9-3-4-9)18-6-5-10(17-18)8-1-2-8/h5-9H,1-4H2,(H2,14,15,16). The molecule has 2 heterocycles. The smallest absolute Gasteiger partial charge is 0.159 e. The Kier molecular flexibility index (Phi) is 1.98. The Hall–Kier alpha value is -1.91. The highest BCUT2D eigenvalue weighted by Crippen LogP contribution is 2.40. The molecule has 4 rings (SSSR count).